The predicted octanol–water partition coefficient (Wildman–Crippen LogP) is 1.57. The van der Waals surface area contributed by atoms with Gasteiger partial charge in [0.2, 0.25) is 0 Å². The molecule has 1 atom stereocenters. The van der Waals surface area contributed by atoms with Crippen molar-refractivity contribution in [3.05, 3.63) is 23.8 Å². The molecule has 0 spiro atoms. The zero-order valence-electron chi connectivity index (χ0n) is 9.94. The fourth-order valence-corrected chi connectivity index (χ4v) is 3.91. The molecule has 0 aliphatic carbocycles. The maximum absolute atomic E-state index is 11.7. The first-order chi connectivity index (χ1) is 7.99. The number of nitrogens with one attached hydrogen (secondary N) is 1. The van der Waals surface area contributed by atoms with Crippen LogP contribution in [0, 0.1) is 6.92 Å². The fraction of sp³-hybridized carbons (Fsp3) is 0.500. The Balaban J connectivity index is 2.05. The van der Waals surface area contributed by atoms with Crippen LogP contribution in [0.15, 0.2) is 18.2 Å². The van der Waals surface area contributed by atoms with E-state index in [1.54, 1.807) is 0 Å². The summed E-state index contributed by atoms with van der Waals surface area (Å²) in [5.41, 5.74) is 8.40. The van der Waals surface area contributed by atoms with Crippen molar-refractivity contribution in [1.82, 2.24) is 0 Å². The molecule has 1 aromatic rings. The van der Waals surface area contributed by atoms with Crippen LogP contribution in [-0.2, 0) is 9.84 Å². The van der Waals surface area contributed by atoms with Gasteiger partial charge in [-0.25, -0.2) is 8.42 Å². The lowest BCUT2D eigenvalue weighted by Gasteiger charge is -2.14. The van der Waals surface area contributed by atoms with Crippen molar-refractivity contribution in [2.24, 2.45) is 0 Å². The first-order valence-electron chi connectivity index (χ1n) is 5.80. The summed E-state index contributed by atoms with van der Waals surface area (Å²) in [6, 6.07) is 5.62. The molecule has 1 fully saturated rings. The zero-order chi connectivity index (χ0) is 12.5. The van der Waals surface area contributed by atoms with Gasteiger partial charge in [-0.2, -0.15) is 0 Å². The Morgan fingerprint density at radius 2 is 2.24 bits per heavy atom. The van der Waals surface area contributed by atoms with Crippen molar-refractivity contribution in [3.63, 3.8) is 0 Å². The van der Waals surface area contributed by atoms with Gasteiger partial charge in [-0.1, -0.05) is 6.07 Å². The average Bonchev–Trinajstić information content (AvgIpc) is 2.59. The Morgan fingerprint density at radius 3 is 2.88 bits per heavy atom. The summed E-state index contributed by atoms with van der Waals surface area (Å²) in [6.45, 7) is 2.46. The second-order valence-corrected chi connectivity index (χ2v) is 6.99. The average molecular weight is 254 g/mol. The molecule has 2 rings (SSSR count). The van der Waals surface area contributed by atoms with Crippen LogP contribution in [0.25, 0.3) is 0 Å². The molecule has 1 aliphatic heterocycles. The van der Waals surface area contributed by atoms with Gasteiger partial charge in [-0.05, 0) is 37.5 Å². The molecule has 1 aromatic carbocycles. The first kappa shape index (κ1) is 12.2. The molecule has 3 N–H and O–H groups in total. The smallest absolute Gasteiger partial charge is 0.154 e. The van der Waals surface area contributed by atoms with Gasteiger partial charge in [0.05, 0.1) is 11.0 Å². The largest absolute Gasteiger partial charge is 0.399 e. The van der Waals surface area contributed by atoms with Crippen molar-refractivity contribution >= 4 is 21.2 Å². The second kappa shape index (κ2) is 4.56. The third-order valence-corrected chi connectivity index (χ3v) is 5.52. The molecule has 5 heteroatoms. The first-order valence-corrected chi connectivity index (χ1v) is 7.52. The van der Waals surface area contributed by atoms with E-state index in [0.717, 1.165) is 24.1 Å². The third kappa shape index (κ3) is 2.72. The number of anilines is 2. The Bertz CT molecular complexity index is 511. The van der Waals surface area contributed by atoms with Crippen molar-refractivity contribution in [2.45, 2.75) is 25.0 Å². The molecule has 4 nitrogen and oxygen atoms in total. The number of sulfone groups is 1. The number of hydrogen-bond acceptors (Lipinski definition) is 4. The van der Waals surface area contributed by atoms with Crippen LogP contribution in [-0.4, -0.2) is 26.0 Å². The summed E-state index contributed by atoms with van der Waals surface area (Å²) >= 11 is 0. The maximum atomic E-state index is 11.7. The van der Waals surface area contributed by atoms with Crippen molar-refractivity contribution in [1.29, 1.82) is 0 Å². The van der Waals surface area contributed by atoms with Crippen LogP contribution in [0.3, 0.4) is 0 Å². The number of nitrogens with two attached hydrogens (primary N) is 1. The quantitative estimate of drug-likeness (QED) is 0.803. The number of nitrogen functional groups attached to an aromatic ring is 1. The van der Waals surface area contributed by atoms with Crippen molar-refractivity contribution in [2.75, 3.05) is 23.3 Å². The van der Waals surface area contributed by atoms with Gasteiger partial charge >= 0.3 is 0 Å². The summed E-state index contributed by atoms with van der Waals surface area (Å²) in [7, 11) is -2.87. The maximum Gasteiger partial charge on any atom is 0.154 e. The van der Waals surface area contributed by atoms with Crippen LogP contribution in [0.1, 0.15) is 18.4 Å². The van der Waals surface area contributed by atoms with Crippen molar-refractivity contribution in [3.8, 4) is 0 Å². The highest BCUT2D eigenvalue weighted by molar-refractivity contribution is 7.92. The standard InChI is InChI=1S/C12H18N2O2S/c1-9-4-5-10(13)7-12(9)14-8-11-3-2-6-17(11,15)16/h4-5,7,11,14H,2-3,6,8,13H2,1H3. The monoisotopic (exact) mass is 254 g/mol. The van der Waals surface area contributed by atoms with Crippen LogP contribution < -0.4 is 11.1 Å². The number of benzene rings is 1. The van der Waals surface area contributed by atoms with E-state index in [0.29, 0.717) is 18.0 Å². The molecule has 1 aliphatic rings. The van der Waals surface area contributed by atoms with Crippen LogP contribution >= 0.6 is 0 Å². The molecule has 0 saturated carbocycles. The summed E-state index contributed by atoms with van der Waals surface area (Å²) < 4.78 is 23.3. The van der Waals surface area contributed by atoms with E-state index in [9.17, 15) is 8.42 Å². The van der Waals surface area contributed by atoms with Crippen LogP contribution in [0.2, 0.25) is 0 Å². The lowest BCUT2D eigenvalue weighted by Crippen LogP contribution is -2.25. The highest BCUT2D eigenvalue weighted by Crippen LogP contribution is 2.22. The number of hydrogen-bond donors (Lipinski definition) is 2. The summed E-state index contributed by atoms with van der Waals surface area (Å²) in [5.74, 6) is 0.329. The zero-order valence-corrected chi connectivity index (χ0v) is 10.8. The molecular formula is C12H18N2O2S. The van der Waals surface area contributed by atoms with Gasteiger partial charge in [0.25, 0.3) is 0 Å². The molecule has 0 aromatic heterocycles. The highest BCUT2D eigenvalue weighted by atomic mass is 32.2. The Morgan fingerprint density at radius 1 is 1.47 bits per heavy atom. The van der Waals surface area contributed by atoms with E-state index in [1.807, 2.05) is 25.1 Å². The molecule has 0 radical (unpaired) electrons. The summed E-state index contributed by atoms with van der Waals surface area (Å²) in [6.07, 6.45) is 1.54. The van der Waals surface area contributed by atoms with Gasteiger partial charge in [0.1, 0.15) is 0 Å². The molecule has 94 valence electrons. The summed E-state index contributed by atoms with van der Waals surface area (Å²) in [5, 5.41) is 2.95. The summed E-state index contributed by atoms with van der Waals surface area (Å²) in [4.78, 5) is 0. The van der Waals surface area contributed by atoms with Crippen LogP contribution in [0.4, 0.5) is 11.4 Å². The molecule has 1 unspecified atom stereocenters. The third-order valence-electron chi connectivity index (χ3n) is 3.24. The van der Waals surface area contributed by atoms with Gasteiger partial charge in [0.15, 0.2) is 9.84 Å². The van der Waals surface area contributed by atoms with Crippen LogP contribution in [0.5, 0.6) is 0 Å². The van der Waals surface area contributed by atoms with E-state index in [1.165, 1.54) is 0 Å². The van der Waals surface area contributed by atoms with E-state index >= 15 is 0 Å². The minimum atomic E-state index is -2.87. The molecular weight excluding hydrogens is 236 g/mol. The van der Waals surface area contributed by atoms with Gasteiger partial charge in [-0.3, -0.25) is 0 Å². The topological polar surface area (TPSA) is 72.2 Å². The molecule has 17 heavy (non-hydrogen) atoms. The van der Waals surface area contributed by atoms with Gasteiger partial charge < -0.3 is 11.1 Å². The minimum Gasteiger partial charge on any atom is -0.399 e. The lowest BCUT2D eigenvalue weighted by molar-refractivity contribution is 0.591. The normalized spacial score (nSPS) is 22.5. The Labute approximate surface area is 102 Å². The van der Waals surface area contributed by atoms with Crippen molar-refractivity contribution < 1.29 is 8.42 Å². The highest BCUT2D eigenvalue weighted by Gasteiger charge is 2.30. The van der Waals surface area contributed by atoms with E-state index in [-0.39, 0.29) is 5.25 Å². The SMILES string of the molecule is Cc1ccc(N)cc1NCC1CCCS1(=O)=O. The predicted molar refractivity (Wildman–Crippen MR) is 70.9 cm³/mol. The second-order valence-electron chi connectivity index (χ2n) is 4.59. The fourth-order valence-electron chi connectivity index (χ4n) is 2.14. The molecule has 1 saturated heterocycles. The number of rotatable bonds is 3. The van der Waals surface area contributed by atoms with Gasteiger partial charge in [0, 0.05) is 17.9 Å². The van der Waals surface area contributed by atoms with E-state index in [2.05, 4.69) is 5.32 Å². The van der Waals surface area contributed by atoms with Gasteiger partial charge in [-0.15, -0.1) is 0 Å². The number of aryl methyl sites for hydroxylation is 1. The molecule has 0 amide bonds. The Kier molecular flexibility index (Phi) is 3.28. The molecule has 1 heterocycles. The van der Waals surface area contributed by atoms with E-state index < -0.39 is 9.84 Å². The minimum absolute atomic E-state index is 0.247. The molecule has 0 bridgehead atoms. The Hall–Kier alpha value is -1.23. The van der Waals surface area contributed by atoms with E-state index in [4.69, 9.17) is 5.73 Å². The lowest BCUT2D eigenvalue weighted by atomic mass is 10.1.